The highest BCUT2D eigenvalue weighted by Gasteiger charge is 2.27. The Hall–Kier alpha value is -1.83. The molecule has 1 atom stereocenters. The maximum atomic E-state index is 12.3. The number of ether oxygens (including phenoxy) is 2. The smallest absolute Gasteiger partial charge is 0.234 e. The highest BCUT2D eigenvalue weighted by molar-refractivity contribution is 5.78. The van der Waals surface area contributed by atoms with Crippen molar-refractivity contribution >= 4 is 5.91 Å². The van der Waals surface area contributed by atoms with Gasteiger partial charge in [-0.15, -0.1) is 0 Å². The first-order chi connectivity index (χ1) is 14.1. The molecule has 0 aromatic heterocycles. The molecule has 2 saturated heterocycles. The van der Waals surface area contributed by atoms with Crippen molar-refractivity contribution in [1.82, 2.24) is 20.0 Å². The van der Waals surface area contributed by atoms with Crippen LogP contribution in [0.1, 0.15) is 18.4 Å². The number of likely N-dealkylation sites (tertiary alicyclic amines) is 1. The summed E-state index contributed by atoms with van der Waals surface area (Å²) >= 11 is 0. The maximum absolute atomic E-state index is 12.3. The van der Waals surface area contributed by atoms with Crippen LogP contribution in [-0.4, -0.2) is 100 Å². The summed E-state index contributed by atoms with van der Waals surface area (Å²) in [6, 6.07) is 6.56. The van der Waals surface area contributed by atoms with Crippen molar-refractivity contribution in [2.24, 2.45) is 0 Å². The number of piperazine rings is 1. The summed E-state index contributed by atoms with van der Waals surface area (Å²) in [5.41, 5.74) is 1.12. The summed E-state index contributed by atoms with van der Waals surface area (Å²) in [4.78, 5) is 19.7. The number of methoxy groups -OCH3 is 2. The zero-order valence-electron chi connectivity index (χ0n) is 18.2. The lowest BCUT2D eigenvalue weighted by molar-refractivity contribution is -0.122. The molecule has 2 heterocycles. The van der Waals surface area contributed by atoms with Crippen LogP contribution in [0.15, 0.2) is 18.2 Å². The molecule has 3 rings (SSSR count). The zero-order valence-corrected chi connectivity index (χ0v) is 18.2. The number of nitrogens with one attached hydrogen (secondary N) is 1. The summed E-state index contributed by atoms with van der Waals surface area (Å²) in [7, 11) is 5.48. The third-order valence-corrected chi connectivity index (χ3v) is 6.07. The summed E-state index contributed by atoms with van der Waals surface area (Å²) in [6.45, 7) is 7.60. The minimum atomic E-state index is 0.108. The second kappa shape index (κ2) is 10.8. The molecule has 7 nitrogen and oxygen atoms in total. The lowest BCUT2D eigenvalue weighted by Gasteiger charge is -2.42. The number of benzene rings is 1. The minimum absolute atomic E-state index is 0.108. The number of piperidine rings is 1. The molecule has 1 aromatic carbocycles. The molecule has 2 aliphatic rings. The van der Waals surface area contributed by atoms with Gasteiger partial charge in [0.15, 0.2) is 11.5 Å². The molecule has 1 N–H and O–H groups in total. The van der Waals surface area contributed by atoms with Crippen molar-refractivity contribution < 1.29 is 14.3 Å². The summed E-state index contributed by atoms with van der Waals surface area (Å²) < 4.78 is 10.6. The largest absolute Gasteiger partial charge is 0.493 e. The van der Waals surface area contributed by atoms with Crippen LogP contribution < -0.4 is 14.8 Å². The number of hydrogen-bond donors (Lipinski definition) is 1. The number of carbonyl (C=O) groups excluding carboxylic acids is 1. The molecule has 0 bridgehead atoms. The van der Waals surface area contributed by atoms with Gasteiger partial charge < -0.3 is 19.7 Å². The van der Waals surface area contributed by atoms with Gasteiger partial charge in [0.1, 0.15) is 0 Å². The van der Waals surface area contributed by atoms with E-state index in [-0.39, 0.29) is 5.91 Å². The van der Waals surface area contributed by atoms with Crippen LogP contribution in [0.3, 0.4) is 0 Å². The van der Waals surface area contributed by atoms with E-state index in [9.17, 15) is 4.79 Å². The molecule has 0 spiro atoms. The van der Waals surface area contributed by atoms with Crippen LogP contribution in [0, 0.1) is 0 Å². The molecule has 2 aliphatic heterocycles. The van der Waals surface area contributed by atoms with Crippen molar-refractivity contribution in [3.63, 3.8) is 0 Å². The van der Waals surface area contributed by atoms with Gasteiger partial charge in [-0.2, -0.15) is 0 Å². The summed E-state index contributed by atoms with van der Waals surface area (Å²) in [6.07, 6.45) is 3.37. The van der Waals surface area contributed by atoms with Crippen LogP contribution in [0.2, 0.25) is 0 Å². The topological polar surface area (TPSA) is 57.3 Å². The quantitative estimate of drug-likeness (QED) is 0.700. The number of likely N-dealkylation sites (N-methyl/N-ethyl adjacent to an activating group) is 1. The molecule has 1 aromatic rings. The molecule has 2 fully saturated rings. The molecule has 0 saturated carbocycles. The Morgan fingerprint density at radius 1 is 1.10 bits per heavy atom. The average Bonchev–Trinajstić information content (AvgIpc) is 2.74. The van der Waals surface area contributed by atoms with Gasteiger partial charge in [0.25, 0.3) is 0 Å². The predicted octanol–water partition coefficient (Wildman–Crippen LogP) is 1.07. The Morgan fingerprint density at radius 3 is 2.55 bits per heavy atom. The second-order valence-corrected chi connectivity index (χ2v) is 8.16. The summed E-state index contributed by atoms with van der Waals surface area (Å²) in [5.74, 6) is 1.55. The lowest BCUT2D eigenvalue weighted by Crippen LogP contribution is -2.55. The van der Waals surface area contributed by atoms with Crippen LogP contribution in [-0.2, 0) is 11.2 Å². The highest BCUT2D eigenvalue weighted by Crippen LogP contribution is 2.27. The fourth-order valence-electron chi connectivity index (χ4n) is 4.37. The van der Waals surface area contributed by atoms with Gasteiger partial charge in [-0.05, 0) is 50.6 Å². The number of nitrogens with zero attached hydrogens (tertiary/aromatic N) is 3. The first-order valence-corrected chi connectivity index (χ1v) is 10.7. The van der Waals surface area contributed by atoms with E-state index in [2.05, 4.69) is 27.1 Å². The van der Waals surface area contributed by atoms with E-state index < -0.39 is 0 Å². The summed E-state index contributed by atoms with van der Waals surface area (Å²) in [5, 5.41) is 3.05. The average molecular weight is 405 g/mol. The standard InChI is InChI=1S/C22H36N4O3/c1-24-10-4-5-19(16-24)26-13-11-25(12-14-26)17-22(27)23-9-8-18-6-7-20(28-2)21(15-18)29-3/h6-7,15,19H,4-5,8-14,16-17H2,1-3H3,(H,23,27). The van der Waals surface area contributed by atoms with Gasteiger partial charge in [0.05, 0.1) is 20.8 Å². The van der Waals surface area contributed by atoms with Crippen LogP contribution in [0.25, 0.3) is 0 Å². The number of hydrogen-bond acceptors (Lipinski definition) is 6. The van der Waals surface area contributed by atoms with Crippen molar-refractivity contribution in [3.8, 4) is 11.5 Å². The third-order valence-electron chi connectivity index (χ3n) is 6.07. The molecule has 1 unspecified atom stereocenters. The molecule has 0 radical (unpaired) electrons. The Balaban J connectivity index is 1.35. The molecule has 162 valence electrons. The van der Waals surface area contributed by atoms with Crippen LogP contribution in [0.5, 0.6) is 11.5 Å². The fourth-order valence-corrected chi connectivity index (χ4v) is 4.37. The normalized spacial score (nSPS) is 21.7. The fraction of sp³-hybridized carbons (Fsp3) is 0.682. The molecule has 7 heteroatoms. The van der Waals surface area contributed by atoms with Gasteiger partial charge >= 0.3 is 0 Å². The Bertz CT molecular complexity index is 661. The SMILES string of the molecule is COc1ccc(CCNC(=O)CN2CCN(C3CCCN(C)C3)CC2)cc1OC. The van der Waals surface area contributed by atoms with Gasteiger partial charge in [-0.3, -0.25) is 14.6 Å². The van der Waals surface area contributed by atoms with E-state index in [0.29, 0.717) is 19.1 Å². The minimum Gasteiger partial charge on any atom is -0.493 e. The van der Waals surface area contributed by atoms with E-state index >= 15 is 0 Å². The van der Waals surface area contributed by atoms with Crippen molar-refractivity contribution in [2.45, 2.75) is 25.3 Å². The van der Waals surface area contributed by atoms with Crippen LogP contribution >= 0.6 is 0 Å². The predicted molar refractivity (Wildman–Crippen MR) is 115 cm³/mol. The molecule has 1 amide bonds. The van der Waals surface area contributed by atoms with Crippen molar-refractivity contribution in [3.05, 3.63) is 23.8 Å². The molecular weight excluding hydrogens is 368 g/mol. The van der Waals surface area contributed by atoms with Gasteiger partial charge in [-0.25, -0.2) is 0 Å². The molecular formula is C22H36N4O3. The number of carbonyl (C=O) groups is 1. The van der Waals surface area contributed by atoms with E-state index in [4.69, 9.17) is 9.47 Å². The first-order valence-electron chi connectivity index (χ1n) is 10.7. The Kier molecular flexibility index (Phi) is 8.15. The van der Waals surface area contributed by atoms with E-state index in [1.165, 1.54) is 25.9 Å². The van der Waals surface area contributed by atoms with Crippen LogP contribution in [0.4, 0.5) is 0 Å². The second-order valence-electron chi connectivity index (χ2n) is 8.16. The zero-order chi connectivity index (χ0) is 20.6. The van der Waals surface area contributed by atoms with Gasteiger partial charge in [0, 0.05) is 45.3 Å². The number of rotatable bonds is 8. The molecule has 29 heavy (non-hydrogen) atoms. The highest BCUT2D eigenvalue weighted by atomic mass is 16.5. The Morgan fingerprint density at radius 2 is 1.86 bits per heavy atom. The number of amides is 1. The van der Waals surface area contributed by atoms with Gasteiger partial charge in [0.2, 0.25) is 5.91 Å². The van der Waals surface area contributed by atoms with Crippen molar-refractivity contribution in [2.75, 3.05) is 73.6 Å². The maximum Gasteiger partial charge on any atom is 0.234 e. The lowest BCUT2D eigenvalue weighted by atomic mass is 10.0. The van der Waals surface area contributed by atoms with E-state index in [1.54, 1.807) is 14.2 Å². The molecule has 0 aliphatic carbocycles. The third kappa shape index (κ3) is 6.32. The monoisotopic (exact) mass is 404 g/mol. The van der Waals surface area contributed by atoms with Gasteiger partial charge in [-0.1, -0.05) is 6.07 Å². The van der Waals surface area contributed by atoms with E-state index in [0.717, 1.165) is 49.7 Å². The van der Waals surface area contributed by atoms with E-state index in [1.807, 2.05) is 18.2 Å². The van der Waals surface area contributed by atoms with Crippen molar-refractivity contribution in [1.29, 1.82) is 0 Å². The first kappa shape index (κ1) is 21.9. The Labute approximate surface area is 174 Å².